The molecule has 0 atom stereocenters. The van der Waals surface area contributed by atoms with Crippen molar-refractivity contribution in [3.63, 3.8) is 0 Å². The molecule has 0 radical (unpaired) electrons. The van der Waals surface area contributed by atoms with Gasteiger partial charge in [-0.15, -0.1) is 16.9 Å². The predicted octanol–water partition coefficient (Wildman–Crippen LogP) is 2.27. The van der Waals surface area contributed by atoms with Crippen LogP contribution in [0.5, 0.6) is 0 Å². The van der Waals surface area contributed by atoms with Crippen molar-refractivity contribution in [3.05, 3.63) is 35.9 Å². The molecule has 1 aromatic heterocycles. The molecule has 0 fully saturated rings. The van der Waals surface area contributed by atoms with Crippen molar-refractivity contribution < 1.29 is 9.18 Å². The van der Waals surface area contributed by atoms with Crippen molar-refractivity contribution in [2.24, 2.45) is 0 Å². The van der Waals surface area contributed by atoms with Gasteiger partial charge in [0, 0.05) is 5.69 Å². The van der Waals surface area contributed by atoms with E-state index in [1.54, 1.807) is 16.8 Å². The molecule has 1 amide bonds. The first-order valence-corrected chi connectivity index (χ1v) is 7.61. The largest absolute Gasteiger partial charge is 0.325 e. The van der Waals surface area contributed by atoms with Crippen molar-refractivity contribution in [3.8, 4) is 0 Å². The zero-order chi connectivity index (χ0) is 15.2. The Hall–Kier alpha value is -1.96. The minimum absolute atomic E-state index is 0.178. The second kappa shape index (κ2) is 7.16. The molecule has 21 heavy (non-hydrogen) atoms. The second-order valence-electron chi connectivity index (χ2n) is 4.68. The number of thioether (sulfide) groups is 1. The molecular formula is C13H16FN5OS. The van der Waals surface area contributed by atoms with Crippen LogP contribution in [0.4, 0.5) is 10.1 Å². The molecule has 0 aliphatic heterocycles. The Kier molecular flexibility index (Phi) is 5.26. The molecule has 0 saturated carbocycles. The predicted molar refractivity (Wildman–Crippen MR) is 79.4 cm³/mol. The summed E-state index contributed by atoms with van der Waals surface area (Å²) in [4.78, 5) is 11.8. The molecule has 0 bridgehead atoms. The molecule has 6 nitrogen and oxygen atoms in total. The lowest BCUT2D eigenvalue weighted by atomic mass is 10.3. The van der Waals surface area contributed by atoms with E-state index < -0.39 is 0 Å². The number of amides is 1. The third-order valence-corrected chi connectivity index (χ3v) is 3.55. The van der Waals surface area contributed by atoms with Gasteiger partial charge in [0.05, 0.1) is 17.5 Å². The highest BCUT2D eigenvalue weighted by molar-refractivity contribution is 7.99. The number of anilines is 1. The normalized spacial score (nSPS) is 10.9. The number of carbonyl (C=O) groups is 1. The molecule has 1 heterocycles. The topological polar surface area (TPSA) is 72.7 Å². The summed E-state index contributed by atoms with van der Waals surface area (Å²) in [5.41, 5.74) is 0.451. The fraction of sp³-hybridized carbons (Fsp3) is 0.385. The van der Waals surface area contributed by atoms with Crippen LogP contribution >= 0.6 is 11.8 Å². The molecule has 1 N–H and O–H groups in total. The Balaban J connectivity index is 1.80. The number of aromatic nitrogens is 4. The van der Waals surface area contributed by atoms with Gasteiger partial charge in [0.2, 0.25) is 5.91 Å². The lowest BCUT2D eigenvalue weighted by Gasteiger charge is -2.07. The van der Waals surface area contributed by atoms with Crippen molar-refractivity contribution in [1.82, 2.24) is 20.2 Å². The molecule has 0 aliphatic carbocycles. The third-order valence-electron chi connectivity index (χ3n) is 2.62. The van der Waals surface area contributed by atoms with E-state index in [1.165, 1.54) is 23.9 Å². The van der Waals surface area contributed by atoms with Crippen molar-refractivity contribution in [1.29, 1.82) is 0 Å². The number of hydrogen-bond donors (Lipinski definition) is 1. The molecule has 2 aromatic rings. The van der Waals surface area contributed by atoms with E-state index in [4.69, 9.17) is 0 Å². The molecule has 112 valence electrons. The molecule has 2 rings (SSSR count). The van der Waals surface area contributed by atoms with E-state index in [2.05, 4.69) is 20.8 Å². The molecule has 0 aliphatic rings. The number of hydrogen-bond acceptors (Lipinski definition) is 5. The Labute approximate surface area is 126 Å². The summed E-state index contributed by atoms with van der Waals surface area (Å²) in [6, 6.07) is 5.98. The Bertz CT molecular complexity index is 616. The van der Waals surface area contributed by atoms with Gasteiger partial charge in [-0.3, -0.25) is 4.79 Å². The fourth-order valence-corrected chi connectivity index (χ4v) is 2.44. The smallest absolute Gasteiger partial charge is 0.234 e. The second-order valence-corrected chi connectivity index (χ2v) is 5.67. The number of carbonyl (C=O) groups excluding carboxylic acids is 1. The van der Waals surface area contributed by atoms with Gasteiger partial charge in [-0.25, -0.2) is 9.07 Å². The highest BCUT2D eigenvalue weighted by Gasteiger charge is 2.10. The highest BCUT2D eigenvalue weighted by atomic mass is 32.2. The Morgan fingerprint density at radius 1 is 1.48 bits per heavy atom. The molecule has 8 heteroatoms. The van der Waals surface area contributed by atoms with Gasteiger partial charge in [-0.05, 0) is 42.5 Å². The van der Waals surface area contributed by atoms with Crippen LogP contribution < -0.4 is 5.32 Å². The van der Waals surface area contributed by atoms with E-state index in [9.17, 15) is 9.18 Å². The van der Waals surface area contributed by atoms with Gasteiger partial charge in [-0.1, -0.05) is 6.07 Å². The zero-order valence-electron chi connectivity index (χ0n) is 11.8. The van der Waals surface area contributed by atoms with Gasteiger partial charge in [0.15, 0.2) is 5.82 Å². The highest BCUT2D eigenvalue weighted by Crippen LogP contribution is 2.14. The average molecular weight is 309 g/mol. The summed E-state index contributed by atoms with van der Waals surface area (Å²) in [5, 5.41) is 14.1. The standard InChI is InChI=1S/C13H16FN5OS/c1-9(2)19-12(16-17-18-19)7-21-8-13(20)15-11-5-3-4-10(14)6-11/h3-6,9H,7-8H2,1-2H3,(H,15,20). The van der Waals surface area contributed by atoms with E-state index >= 15 is 0 Å². The van der Waals surface area contributed by atoms with Crippen LogP contribution in [0.15, 0.2) is 24.3 Å². The third kappa shape index (κ3) is 4.52. The van der Waals surface area contributed by atoms with Gasteiger partial charge in [0.1, 0.15) is 5.82 Å². The monoisotopic (exact) mass is 309 g/mol. The van der Waals surface area contributed by atoms with Gasteiger partial charge in [-0.2, -0.15) is 0 Å². The van der Waals surface area contributed by atoms with Gasteiger partial charge >= 0.3 is 0 Å². The SMILES string of the molecule is CC(C)n1nnnc1CSCC(=O)Nc1cccc(F)c1. The number of tetrazole rings is 1. The van der Waals surface area contributed by atoms with Crippen LogP contribution in [0.25, 0.3) is 0 Å². The van der Waals surface area contributed by atoms with Gasteiger partial charge < -0.3 is 5.32 Å². The van der Waals surface area contributed by atoms with Gasteiger partial charge in [0.25, 0.3) is 0 Å². The fourth-order valence-electron chi connectivity index (χ4n) is 1.71. The summed E-state index contributed by atoms with van der Waals surface area (Å²) >= 11 is 1.40. The summed E-state index contributed by atoms with van der Waals surface area (Å²) < 4.78 is 14.7. The summed E-state index contributed by atoms with van der Waals surface area (Å²) in [7, 11) is 0. The Morgan fingerprint density at radius 2 is 2.29 bits per heavy atom. The van der Waals surface area contributed by atoms with Crippen LogP contribution in [-0.4, -0.2) is 31.9 Å². The van der Waals surface area contributed by atoms with Crippen molar-refractivity contribution >= 4 is 23.4 Å². The van der Waals surface area contributed by atoms with Crippen LogP contribution in [0.2, 0.25) is 0 Å². The number of rotatable bonds is 6. The number of nitrogens with zero attached hydrogens (tertiary/aromatic N) is 4. The summed E-state index contributed by atoms with van der Waals surface area (Å²) in [5.74, 6) is 0.961. The minimum Gasteiger partial charge on any atom is -0.325 e. The van der Waals surface area contributed by atoms with E-state index in [-0.39, 0.29) is 23.5 Å². The van der Waals surface area contributed by atoms with Crippen LogP contribution in [0.1, 0.15) is 25.7 Å². The minimum atomic E-state index is -0.378. The first kappa shape index (κ1) is 15.4. The van der Waals surface area contributed by atoms with Crippen molar-refractivity contribution in [2.75, 3.05) is 11.1 Å². The summed E-state index contributed by atoms with van der Waals surface area (Å²) in [6.45, 7) is 3.97. The first-order valence-electron chi connectivity index (χ1n) is 6.46. The van der Waals surface area contributed by atoms with E-state index in [0.29, 0.717) is 11.4 Å². The van der Waals surface area contributed by atoms with Crippen LogP contribution in [-0.2, 0) is 10.5 Å². The quantitative estimate of drug-likeness (QED) is 0.886. The molecule has 0 spiro atoms. The Morgan fingerprint density at radius 3 is 3.00 bits per heavy atom. The molecule has 0 saturated heterocycles. The van der Waals surface area contributed by atoms with Crippen LogP contribution in [0.3, 0.4) is 0 Å². The lowest BCUT2D eigenvalue weighted by Crippen LogP contribution is -2.15. The first-order chi connectivity index (χ1) is 10.1. The number of halogens is 1. The summed E-state index contributed by atoms with van der Waals surface area (Å²) in [6.07, 6.45) is 0. The molecule has 1 aromatic carbocycles. The molecular weight excluding hydrogens is 293 g/mol. The number of nitrogens with one attached hydrogen (secondary N) is 1. The maximum Gasteiger partial charge on any atom is 0.234 e. The molecule has 0 unspecified atom stereocenters. The van der Waals surface area contributed by atoms with Crippen LogP contribution in [0, 0.1) is 5.82 Å². The maximum absolute atomic E-state index is 13.0. The lowest BCUT2D eigenvalue weighted by molar-refractivity contribution is -0.113. The van der Waals surface area contributed by atoms with Crippen molar-refractivity contribution in [2.45, 2.75) is 25.6 Å². The average Bonchev–Trinajstić information content (AvgIpc) is 2.87. The number of benzene rings is 1. The van der Waals surface area contributed by atoms with E-state index in [1.807, 2.05) is 13.8 Å². The zero-order valence-corrected chi connectivity index (χ0v) is 12.6. The van der Waals surface area contributed by atoms with E-state index in [0.717, 1.165) is 5.82 Å². The maximum atomic E-state index is 13.0.